The molecule has 6 heteroatoms. The summed E-state index contributed by atoms with van der Waals surface area (Å²) < 4.78 is 5.26. The molecule has 80 valence electrons. The number of nitrogens with one attached hydrogen (secondary N) is 1. The van der Waals surface area contributed by atoms with Crippen molar-refractivity contribution in [2.75, 3.05) is 13.1 Å². The molecule has 1 aromatic heterocycles. The Morgan fingerprint density at radius 3 is 2.67 bits per heavy atom. The van der Waals surface area contributed by atoms with Crippen molar-refractivity contribution in [3.8, 4) is 0 Å². The molecule has 15 heavy (non-hydrogen) atoms. The van der Waals surface area contributed by atoms with E-state index in [-0.39, 0.29) is 24.9 Å². The maximum Gasteiger partial charge on any atom is 0.240 e. The molecule has 1 aromatic rings. The molecule has 2 rings (SSSR count). The molecule has 0 aromatic carbocycles. The minimum Gasteiger partial charge on any atom is -0.445 e. The lowest BCUT2D eigenvalue weighted by Crippen LogP contribution is -2.50. The van der Waals surface area contributed by atoms with Crippen molar-refractivity contribution in [1.29, 1.82) is 0 Å². The quantitative estimate of drug-likeness (QED) is 0.661. The summed E-state index contributed by atoms with van der Waals surface area (Å²) >= 11 is 0. The summed E-state index contributed by atoms with van der Waals surface area (Å²) in [6.45, 7) is 2.58. The Hall–Kier alpha value is -1.69. The van der Waals surface area contributed by atoms with Gasteiger partial charge in [-0.05, 0) is 6.92 Å². The second kappa shape index (κ2) is 3.82. The Morgan fingerprint density at radius 1 is 1.47 bits per heavy atom. The number of hydrogen-bond donors (Lipinski definition) is 1. The van der Waals surface area contributed by atoms with Crippen LogP contribution < -0.4 is 5.32 Å². The molecular weight excluding hydrogens is 198 g/mol. The fraction of sp³-hybridized carbons (Fsp3) is 0.444. The maximum atomic E-state index is 11.1. The van der Waals surface area contributed by atoms with E-state index in [2.05, 4.69) is 10.3 Å². The second-order valence-electron chi connectivity index (χ2n) is 3.48. The predicted octanol–water partition coefficient (Wildman–Crippen LogP) is -0.559. The summed E-state index contributed by atoms with van der Waals surface area (Å²) in [5, 5.41) is 2.23. The summed E-state index contributed by atoms with van der Waals surface area (Å²) in [6.07, 6.45) is 1.61. The lowest BCUT2D eigenvalue weighted by atomic mass is 10.3. The number of rotatable bonds is 2. The van der Waals surface area contributed by atoms with Crippen molar-refractivity contribution in [2.45, 2.75) is 13.5 Å². The highest BCUT2D eigenvalue weighted by Gasteiger charge is 2.23. The van der Waals surface area contributed by atoms with Crippen molar-refractivity contribution in [1.82, 2.24) is 15.2 Å². The zero-order valence-electron chi connectivity index (χ0n) is 8.32. The molecule has 2 amide bonds. The summed E-state index contributed by atoms with van der Waals surface area (Å²) in [4.78, 5) is 27.8. The predicted molar refractivity (Wildman–Crippen MR) is 49.7 cm³/mol. The first-order valence-corrected chi connectivity index (χ1v) is 4.60. The molecule has 1 fully saturated rings. The average Bonchev–Trinajstić information content (AvgIpc) is 2.49. The van der Waals surface area contributed by atoms with Crippen LogP contribution in [0.3, 0.4) is 0 Å². The van der Waals surface area contributed by atoms with Crippen LogP contribution in [0.15, 0.2) is 10.6 Å². The summed E-state index contributed by atoms with van der Waals surface area (Å²) in [5.74, 6) is 0.678. The Kier molecular flexibility index (Phi) is 2.51. The highest BCUT2D eigenvalue weighted by Crippen LogP contribution is 2.06. The third-order valence-electron chi connectivity index (χ3n) is 2.04. The van der Waals surface area contributed by atoms with E-state index in [0.29, 0.717) is 12.4 Å². The molecule has 0 spiro atoms. The monoisotopic (exact) mass is 209 g/mol. The zero-order chi connectivity index (χ0) is 10.8. The van der Waals surface area contributed by atoms with Gasteiger partial charge >= 0.3 is 0 Å². The van der Waals surface area contributed by atoms with Crippen molar-refractivity contribution in [2.24, 2.45) is 0 Å². The number of oxazole rings is 1. The van der Waals surface area contributed by atoms with E-state index in [1.165, 1.54) is 0 Å². The van der Waals surface area contributed by atoms with E-state index >= 15 is 0 Å². The van der Waals surface area contributed by atoms with Gasteiger partial charge in [-0.1, -0.05) is 0 Å². The van der Waals surface area contributed by atoms with Crippen LogP contribution in [0.1, 0.15) is 11.7 Å². The molecule has 6 nitrogen and oxygen atoms in total. The molecule has 0 unspecified atom stereocenters. The van der Waals surface area contributed by atoms with E-state index in [4.69, 9.17) is 4.42 Å². The van der Waals surface area contributed by atoms with Gasteiger partial charge < -0.3 is 4.42 Å². The number of aromatic nitrogens is 1. The van der Waals surface area contributed by atoms with Gasteiger partial charge in [0.05, 0.1) is 25.8 Å². The normalized spacial score (nSPS) is 17.9. The molecular formula is C9H11N3O3. The maximum absolute atomic E-state index is 11.1. The van der Waals surface area contributed by atoms with Crippen LogP contribution >= 0.6 is 0 Å². The SMILES string of the molecule is Cc1cnc(CN2CC(=O)NC(=O)C2)o1. The third-order valence-corrected chi connectivity index (χ3v) is 2.04. The van der Waals surface area contributed by atoms with Gasteiger partial charge in [0.25, 0.3) is 0 Å². The first-order valence-electron chi connectivity index (χ1n) is 4.60. The molecule has 0 aliphatic carbocycles. The number of aryl methyl sites for hydroxylation is 1. The van der Waals surface area contributed by atoms with Crippen molar-refractivity contribution in [3.05, 3.63) is 17.8 Å². The van der Waals surface area contributed by atoms with Gasteiger partial charge in [0.15, 0.2) is 0 Å². The lowest BCUT2D eigenvalue weighted by molar-refractivity contribution is -0.136. The highest BCUT2D eigenvalue weighted by molar-refractivity contribution is 5.99. The number of piperazine rings is 1. The molecule has 0 atom stereocenters. The zero-order valence-corrected chi connectivity index (χ0v) is 8.32. The Labute approximate surface area is 86.3 Å². The summed E-state index contributed by atoms with van der Waals surface area (Å²) in [6, 6.07) is 0. The molecule has 1 saturated heterocycles. The van der Waals surface area contributed by atoms with E-state index in [9.17, 15) is 9.59 Å². The number of amides is 2. The van der Waals surface area contributed by atoms with Gasteiger partial charge in [0.2, 0.25) is 17.7 Å². The van der Waals surface area contributed by atoms with Gasteiger partial charge in [-0.3, -0.25) is 19.8 Å². The Balaban J connectivity index is 2.00. The molecule has 0 saturated carbocycles. The van der Waals surface area contributed by atoms with Crippen molar-refractivity contribution >= 4 is 11.8 Å². The van der Waals surface area contributed by atoms with Crippen LogP contribution in [0.4, 0.5) is 0 Å². The molecule has 1 aliphatic rings. The minimum absolute atomic E-state index is 0.202. The van der Waals surface area contributed by atoms with Crippen LogP contribution in [0.2, 0.25) is 0 Å². The summed E-state index contributed by atoms with van der Waals surface area (Å²) in [5.41, 5.74) is 0. The van der Waals surface area contributed by atoms with Gasteiger partial charge in [0, 0.05) is 0 Å². The number of carbonyl (C=O) groups excluding carboxylic acids is 2. The van der Waals surface area contributed by atoms with E-state index < -0.39 is 0 Å². The van der Waals surface area contributed by atoms with Gasteiger partial charge in [-0.2, -0.15) is 0 Å². The first-order chi connectivity index (χ1) is 7.13. The fourth-order valence-electron chi connectivity index (χ4n) is 1.47. The summed E-state index contributed by atoms with van der Waals surface area (Å²) in [7, 11) is 0. The molecule has 1 N–H and O–H groups in total. The minimum atomic E-state index is -0.283. The van der Waals surface area contributed by atoms with Crippen molar-refractivity contribution in [3.63, 3.8) is 0 Å². The first kappa shape index (κ1) is 9.85. The van der Waals surface area contributed by atoms with Crippen LogP contribution in [0.25, 0.3) is 0 Å². The number of carbonyl (C=O) groups is 2. The van der Waals surface area contributed by atoms with Crippen LogP contribution in [0, 0.1) is 6.92 Å². The second-order valence-corrected chi connectivity index (χ2v) is 3.48. The van der Waals surface area contributed by atoms with Gasteiger partial charge in [-0.25, -0.2) is 4.98 Å². The Morgan fingerprint density at radius 2 is 2.13 bits per heavy atom. The van der Waals surface area contributed by atoms with Crippen LogP contribution in [-0.2, 0) is 16.1 Å². The third kappa shape index (κ3) is 2.41. The number of hydrogen-bond acceptors (Lipinski definition) is 5. The number of nitrogens with zero attached hydrogens (tertiary/aromatic N) is 2. The van der Waals surface area contributed by atoms with E-state index in [1.54, 1.807) is 18.0 Å². The topological polar surface area (TPSA) is 75.4 Å². The van der Waals surface area contributed by atoms with Crippen molar-refractivity contribution < 1.29 is 14.0 Å². The highest BCUT2D eigenvalue weighted by atomic mass is 16.4. The molecule has 0 bridgehead atoms. The van der Waals surface area contributed by atoms with Gasteiger partial charge in [-0.15, -0.1) is 0 Å². The van der Waals surface area contributed by atoms with Crippen LogP contribution in [0.5, 0.6) is 0 Å². The standard InChI is InChI=1S/C9H11N3O3/c1-6-2-10-9(15-6)5-12-3-7(13)11-8(14)4-12/h2H,3-5H2,1H3,(H,11,13,14). The molecule has 0 radical (unpaired) electrons. The van der Waals surface area contributed by atoms with Crippen LogP contribution in [-0.4, -0.2) is 34.8 Å². The molecule has 1 aliphatic heterocycles. The van der Waals surface area contributed by atoms with E-state index in [1.807, 2.05) is 0 Å². The lowest BCUT2D eigenvalue weighted by Gasteiger charge is -2.23. The fourth-order valence-corrected chi connectivity index (χ4v) is 1.47. The van der Waals surface area contributed by atoms with E-state index in [0.717, 1.165) is 5.76 Å². The Bertz CT molecular complexity index is 383. The van der Waals surface area contributed by atoms with Gasteiger partial charge in [0.1, 0.15) is 5.76 Å². The smallest absolute Gasteiger partial charge is 0.240 e. The number of imide groups is 1. The molecule has 2 heterocycles. The average molecular weight is 209 g/mol. The largest absolute Gasteiger partial charge is 0.445 e.